The molecule has 0 heterocycles. The van der Waals surface area contributed by atoms with E-state index < -0.39 is 22.5 Å². The first-order valence-electron chi connectivity index (χ1n) is 6.75. The number of carbonyl (C=O) groups is 1. The van der Waals surface area contributed by atoms with Crippen molar-refractivity contribution in [3.8, 4) is 0 Å². The van der Waals surface area contributed by atoms with Crippen molar-refractivity contribution in [2.24, 2.45) is 0 Å². The molecule has 0 aliphatic rings. The van der Waals surface area contributed by atoms with Crippen LogP contribution in [0.5, 0.6) is 0 Å². The summed E-state index contributed by atoms with van der Waals surface area (Å²) < 4.78 is 25.1. The Balaban J connectivity index is 2.30. The maximum Gasteiger partial charge on any atom is 0.245 e. The lowest BCUT2D eigenvalue weighted by Crippen LogP contribution is -2.37. The molecule has 5 nitrogen and oxygen atoms in total. The third-order valence-electron chi connectivity index (χ3n) is 3.07. The molecule has 0 aliphatic heterocycles. The Hall–Kier alpha value is -1.18. The molecule has 2 aromatic carbocycles. The molecule has 10 heteroatoms. The lowest BCUT2D eigenvalue weighted by molar-refractivity contribution is -0.114. The van der Waals surface area contributed by atoms with Crippen LogP contribution in [0.15, 0.2) is 36.4 Å². The number of halogens is 4. The number of hydrogen-bond acceptors (Lipinski definition) is 3. The van der Waals surface area contributed by atoms with Gasteiger partial charge in [0.05, 0.1) is 27.7 Å². The van der Waals surface area contributed by atoms with Crippen molar-refractivity contribution in [1.82, 2.24) is 0 Å². The maximum absolute atomic E-state index is 12.3. The first kappa shape index (κ1) is 20.1. The monoisotopic (exact) mass is 440 g/mol. The molecule has 25 heavy (non-hydrogen) atoms. The Labute approximate surface area is 165 Å². The highest BCUT2D eigenvalue weighted by Crippen LogP contribution is 2.31. The number of amides is 1. The number of sulfonamides is 1. The second-order valence-electron chi connectivity index (χ2n) is 5.04. The zero-order valence-corrected chi connectivity index (χ0v) is 16.6. The molecule has 2 aromatic rings. The van der Waals surface area contributed by atoms with Gasteiger partial charge in [-0.1, -0.05) is 46.4 Å². The lowest BCUT2D eigenvalue weighted by atomic mass is 10.3. The second-order valence-corrected chi connectivity index (χ2v) is 8.63. The van der Waals surface area contributed by atoms with Crippen LogP contribution < -0.4 is 9.62 Å². The van der Waals surface area contributed by atoms with Gasteiger partial charge in [0.25, 0.3) is 0 Å². The van der Waals surface area contributed by atoms with E-state index in [1.807, 2.05) is 0 Å². The minimum absolute atomic E-state index is 0.101. The van der Waals surface area contributed by atoms with Crippen LogP contribution >= 0.6 is 46.4 Å². The van der Waals surface area contributed by atoms with Gasteiger partial charge in [-0.05, 0) is 36.4 Å². The van der Waals surface area contributed by atoms with Gasteiger partial charge in [-0.2, -0.15) is 0 Å². The number of benzene rings is 2. The molecule has 0 fully saturated rings. The summed E-state index contributed by atoms with van der Waals surface area (Å²) in [5.41, 5.74) is 0.369. The van der Waals surface area contributed by atoms with E-state index in [1.54, 1.807) is 6.07 Å². The Morgan fingerprint density at radius 3 is 2.16 bits per heavy atom. The highest BCUT2D eigenvalue weighted by Gasteiger charge is 2.23. The van der Waals surface area contributed by atoms with E-state index in [0.717, 1.165) is 10.6 Å². The summed E-state index contributed by atoms with van der Waals surface area (Å²) in [4.78, 5) is 12.3. The highest BCUT2D eigenvalue weighted by molar-refractivity contribution is 7.92. The molecule has 0 aliphatic carbocycles. The van der Waals surface area contributed by atoms with E-state index in [2.05, 4.69) is 5.32 Å². The lowest BCUT2D eigenvalue weighted by Gasteiger charge is -2.23. The third kappa shape index (κ3) is 5.39. The van der Waals surface area contributed by atoms with Crippen molar-refractivity contribution >= 4 is 73.7 Å². The van der Waals surface area contributed by atoms with Crippen LogP contribution in [-0.2, 0) is 14.8 Å². The van der Waals surface area contributed by atoms with E-state index >= 15 is 0 Å². The first-order valence-corrected chi connectivity index (χ1v) is 10.1. The largest absolute Gasteiger partial charge is 0.323 e. The molecule has 134 valence electrons. The van der Waals surface area contributed by atoms with E-state index in [4.69, 9.17) is 46.4 Å². The van der Waals surface area contributed by atoms with Gasteiger partial charge in [-0.3, -0.25) is 9.10 Å². The zero-order valence-electron chi connectivity index (χ0n) is 12.8. The standard InChI is InChI=1S/C15H12Cl4N2O3S/c1-25(23,24)21(14-7-10(17)3-5-12(14)19)8-15(22)20-13-6-9(16)2-4-11(13)18/h2-7H,8H2,1H3,(H,20,22). The van der Waals surface area contributed by atoms with Gasteiger partial charge in [0.15, 0.2) is 0 Å². The number of nitrogens with one attached hydrogen (secondary N) is 1. The fraction of sp³-hybridized carbons (Fsp3) is 0.133. The Morgan fingerprint density at radius 1 is 1.00 bits per heavy atom. The van der Waals surface area contributed by atoms with Crippen molar-refractivity contribution in [3.05, 3.63) is 56.5 Å². The van der Waals surface area contributed by atoms with Gasteiger partial charge >= 0.3 is 0 Å². The van der Waals surface area contributed by atoms with Crippen LogP contribution in [0.3, 0.4) is 0 Å². The molecule has 0 saturated carbocycles. The van der Waals surface area contributed by atoms with Gasteiger partial charge in [-0.15, -0.1) is 0 Å². The zero-order chi connectivity index (χ0) is 18.8. The van der Waals surface area contributed by atoms with Crippen LogP contribution in [0.4, 0.5) is 11.4 Å². The topological polar surface area (TPSA) is 66.5 Å². The van der Waals surface area contributed by atoms with Gasteiger partial charge < -0.3 is 5.32 Å². The second kappa shape index (κ2) is 8.01. The number of nitrogens with zero attached hydrogens (tertiary/aromatic N) is 1. The summed E-state index contributed by atoms with van der Waals surface area (Å²) in [6.45, 7) is -0.512. The maximum atomic E-state index is 12.3. The van der Waals surface area contributed by atoms with Crippen molar-refractivity contribution < 1.29 is 13.2 Å². The molecule has 0 saturated heterocycles. The molecule has 2 rings (SSSR count). The smallest absolute Gasteiger partial charge is 0.245 e. The van der Waals surface area contributed by atoms with Crippen molar-refractivity contribution in [1.29, 1.82) is 0 Å². The molecule has 0 bridgehead atoms. The average molecular weight is 442 g/mol. The van der Waals surface area contributed by atoms with Gasteiger partial charge in [0.1, 0.15) is 6.54 Å². The first-order chi connectivity index (χ1) is 11.6. The molecule has 1 amide bonds. The molecule has 0 spiro atoms. The Bertz CT molecular complexity index is 919. The van der Waals surface area contributed by atoms with Crippen molar-refractivity contribution in [2.75, 3.05) is 22.4 Å². The predicted octanol–water partition coefficient (Wildman–Crippen LogP) is 4.70. The number of hydrogen-bond donors (Lipinski definition) is 1. The van der Waals surface area contributed by atoms with Crippen LogP contribution in [0, 0.1) is 0 Å². The van der Waals surface area contributed by atoms with E-state index in [9.17, 15) is 13.2 Å². The van der Waals surface area contributed by atoms with Crippen LogP contribution in [0.1, 0.15) is 0 Å². The van der Waals surface area contributed by atoms with Crippen LogP contribution in [-0.4, -0.2) is 27.1 Å². The van der Waals surface area contributed by atoms with Gasteiger partial charge in [0.2, 0.25) is 15.9 Å². The Morgan fingerprint density at radius 2 is 1.56 bits per heavy atom. The molecule has 0 unspecified atom stereocenters. The van der Waals surface area contributed by atoms with Crippen LogP contribution in [0.2, 0.25) is 20.1 Å². The van der Waals surface area contributed by atoms with Crippen LogP contribution in [0.25, 0.3) is 0 Å². The van der Waals surface area contributed by atoms with Crippen molar-refractivity contribution in [3.63, 3.8) is 0 Å². The Kier molecular flexibility index (Phi) is 6.45. The SMILES string of the molecule is CS(=O)(=O)N(CC(=O)Nc1cc(Cl)ccc1Cl)c1cc(Cl)ccc1Cl. The van der Waals surface area contributed by atoms with Gasteiger partial charge in [-0.25, -0.2) is 8.42 Å². The van der Waals surface area contributed by atoms with Crippen molar-refractivity contribution in [2.45, 2.75) is 0 Å². The quantitative estimate of drug-likeness (QED) is 0.730. The predicted molar refractivity (Wildman–Crippen MR) is 104 cm³/mol. The highest BCUT2D eigenvalue weighted by atomic mass is 35.5. The minimum Gasteiger partial charge on any atom is -0.323 e. The molecule has 0 atom stereocenters. The average Bonchev–Trinajstić information content (AvgIpc) is 2.50. The summed E-state index contributed by atoms with van der Waals surface area (Å²) in [5.74, 6) is -0.620. The molecular weight excluding hydrogens is 430 g/mol. The van der Waals surface area contributed by atoms with E-state index in [1.165, 1.54) is 30.3 Å². The summed E-state index contributed by atoms with van der Waals surface area (Å²) in [5, 5.41) is 3.59. The number of rotatable bonds is 5. The van der Waals surface area contributed by atoms with Gasteiger partial charge in [0, 0.05) is 10.0 Å². The molecule has 0 aromatic heterocycles. The number of carbonyl (C=O) groups excluding carboxylic acids is 1. The molecule has 1 N–H and O–H groups in total. The normalized spacial score (nSPS) is 11.2. The fourth-order valence-corrected chi connectivity index (χ4v) is 3.60. The summed E-state index contributed by atoms with van der Waals surface area (Å²) >= 11 is 23.8. The minimum atomic E-state index is -3.79. The van der Waals surface area contributed by atoms with E-state index in [0.29, 0.717) is 5.02 Å². The summed E-state index contributed by atoms with van der Waals surface area (Å²) in [6.07, 6.45) is 0.962. The number of anilines is 2. The summed E-state index contributed by atoms with van der Waals surface area (Å²) in [7, 11) is -3.79. The molecule has 0 radical (unpaired) electrons. The molecular formula is C15H12Cl4N2O3S. The fourth-order valence-electron chi connectivity index (χ4n) is 1.97. The third-order valence-corrected chi connectivity index (χ3v) is 5.31. The van der Waals surface area contributed by atoms with E-state index in [-0.39, 0.29) is 26.4 Å². The summed E-state index contributed by atoms with van der Waals surface area (Å²) in [6, 6.07) is 8.86.